The summed E-state index contributed by atoms with van der Waals surface area (Å²) in [6, 6.07) is 6.25. The van der Waals surface area contributed by atoms with E-state index < -0.39 is 17.8 Å². The minimum Gasteiger partial charge on any atom is -0.324 e. The summed E-state index contributed by atoms with van der Waals surface area (Å²) in [4.78, 5) is 55.5. The van der Waals surface area contributed by atoms with Crippen LogP contribution in [0, 0.1) is 19.8 Å². The Balaban J connectivity index is 1.89. The number of hydrogen-bond acceptors (Lipinski definition) is 6. The highest BCUT2D eigenvalue weighted by Crippen LogP contribution is 2.34. The van der Waals surface area contributed by atoms with E-state index in [1.54, 1.807) is 32.9 Å². The highest BCUT2D eigenvalue weighted by molar-refractivity contribution is 7.16. The van der Waals surface area contributed by atoms with E-state index in [0.717, 1.165) is 4.88 Å². The number of thiophene rings is 1. The number of aryl methyl sites for hydroxylation is 1. The Morgan fingerprint density at radius 3 is 2.15 bits per heavy atom. The first-order valence-corrected chi connectivity index (χ1v) is 9.15. The maximum atomic E-state index is 12.7. The van der Waals surface area contributed by atoms with Crippen LogP contribution in [-0.2, 0) is 9.63 Å². The van der Waals surface area contributed by atoms with E-state index in [4.69, 9.17) is 4.84 Å². The number of carbonyl (C=O) groups is 4. The van der Waals surface area contributed by atoms with Crippen molar-refractivity contribution in [2.45, 2.75) is 27.7 Å². The number of fused-ring (bicyclic) bond motifs is 1. The van der Waals surface area contributed by atoms with Gasteiger partial charge in [0.05, 0.1) is 16.7 Å². The maximum Gasteiger partial charge on any atom is 0.367 e. The Kier molecular flexibility index (Phi) is 4.84. The van der Waals surface area contributed by atoms with Gasteiger partial charge < -0.3 is 10.2 Å². The summed E-state index contributed by atoms with van der Waals surface area (Å²) in [5.41, 5.74) is 1.13. The van der Waals surface area contributed by atoms with Crippen molar-refractivity contribution in [1.82, 2.24) is 5.06 Å². The standard InChI is InChI=1S/C19H18N2O5S/c1-9(2)15(22)20-16-14(10(3)11(4)27-16)19(25)26-21-17(23)12-7-5-6-8-13(12)18(21)24/h5-9H,1-4H3,(H,20,22). The summed E-state index contributed by atoms with van der Waals surface area (Å²) in [7, 11) is 0. The molecule has 8 heteroatoms. The second-order valence-electron chi connectivity index (χ2n) is 6.46. The van der Waals surface area contributed by atoms with E-state index >= 15 is 0 Å². The van der Waals surface area contributed by atoms with Crippen LogP contribution >= 0.6 is 11.3 Å². The van der Waals surface area contributed by atoms with Crippen molar-refractivity contribution in [3.05, 3.63) is 51.4 Å². The number of hydroxylamine groups is 2. The van der Waals surface area contributed by atoms with Crippen molar-refractivity contribution < 1.29 is 24.0 Å². The number of amides is 3. The van der Waals surface area contributed by atoms with Crippen molar-refractivity contribution in [3.8, 4) is 0 Å². The molecule has 1 aliphatic rings. The number of imide groups is 1. The molecule has 1 aromatic carbocycles. The van der Waals surface area contributed by atoms with Gasteiger partial charge >= 0.3 is 5.97 Å². The van der Waals surface area contributed by atoms with Gasteiger partial charge in [-0.3, -0.25) is 14.4 Å². The van der Waals surface area contributed by atoms with Gasteiger partial charge in [0.25, 0.3) is 11.8 Å². The van der Waals surface area contributed by atoms with Gasteiger partial charge in [-0.25, -0.2) is 4.79 Å². The number of benzene rings is 1. The zero-order valence-corrected chi connectivity index (χ0v) is 16.1. The van der Waals surface area contributed by atoms with Crippen molar-refractivity contribution in [1.29, 1.82) is 0 Å². The summed E-state index contributed by atoms with van der Waals surface area (Å²) < 4.78 is 0. The van der Waals surface area contributed by atoms with Crippen molar-refractivity contribution in [2.24, 2.45) is 5.92 Å². The van der Waals surface area contributed by atoms with E-state index in [0.29, 0.717) is 15.6 Å². The molecule has 0 bridgehead atoms. The molecule has 1 aliphatic heterocycles. The van der Waals surface area contributed by atoms with Gasteiger partial charge in [0.15, 0.2) is 0 Å². The molecule has 7 nitrogen and oxygen atoms in total. The van der Waals surface area contributed by atoms with Crippen LogP contribution in [0.25, 0.3) is 0 Å². The van der Waals surface area contributed by atoms with Crippen molar-refractivity contribution in [3.63, 3.8) is 0 Å². The monoisotopic (exact) mass is 386 g/mol. The van der Waals surface area contributed by atoms with Crippen LogP contribution in [0.5, 0.6) is 0 Å². The van der Waals surface area contributed by atoms with Crippen LogP contribution < -0.4 is 5.32 Å². The number of nitrogens with one attached hydrogen (secondary N) is 1. The smallest absolute Gasteiger partial charge is 0.324 e. The van der Waals surface area contributed by atoms with Crippen LogP contribution in [0.15, 0.2) is 24.3 Å². The van der Waals surface area contributed by atoms with E-state index in [1.807, 2.05) is 6.92 Å². The number of carbonyl (C=O) groups excluding carboxylic acids is 4. The first kappa shape index (κ1) is 18.8. The molecule has 0 saturated carbocycles. The lowest BCUT2D eigenvalue weighted by Gasteiger charge is -2.14. The molecule has 1 aromatic heterocycles. The van der Waals surface area contributed by atoms with E-state index in [-0.39, 0.29) is 28.5 Å². The molecule has 0 fully saturated rings. The second kappa shape index (κ2) is 6.96. The lowest BCUT2D eigenvalue weighted by Crippen LogP contribution is -2.33. The molecule has 1 N–H and O–H groups in total. The fourth-order valence-corrected chi connectivity index (χ4v) is 3.65. The molecule has 0 radical (unpaired) electrons. The second-order valence-corrected chi connectivity index (χ2v) is 7.69. The highest BCUT2D eigenvalue weighted by Gasteiger charge is 2.39. The molecule has 0 unspecified atom stereocenters. The van der Waals surface area contributed by atoms with Gasteiger partial charge in [0.2, 0.25) is 5.91 Å². The Hall–Kier alpha value is -3.00. The SMILES string of the molecule is Cc1sc(NC(=O)C(C)C)c(C(=O)ON2C(=O)c3ccccc3C2=O)c1C. The maximum absolute atomic E-state index is 12.7. The van der Waals surface area contributed by atoms with Crippen molar-refractivity contribution in [2.75, 3.05) is 5.32 Å². The summed E-state index contributed by atoms with van der Waals surface area (Å²) in [5, 5.41) is 3.51. The lowest BCUT2D eigenvalue weighted by molar-refractivity contribution is -0.118. The fraction of sp³-hybridized carbons (Fsp3) is 0.263. The summed E-state index contributed by atoms with van der Waals surface area (Å²) in [6.45, 7) is 7.00. The Bertz CT molecular complexity index is 941. The molecule has 27 heavy (non-hydrogen) atoms. The van der Waals surface area contributed by atoms with E-state index in [1.165, 1.54) is 23.5 Å². The average Bonchev–Trinajstić information content (AvgIpc) is 3.03. The average molecular weight is 386 g/mol. The summed E-state index contributed by atoms with van der Waals surface area (Å²) >= 11 is 1.24. The molecule has 0 aliphatic carbocycles. The van der Waals surface area contributed by atoms with E-state index in [2.05, 4.69) is 5.32 Å². The zero-order chi connectivity index (χ0) is 19.9. The molecule has 3 rings (SSSR count). The lowest BCUT2D eigenvalue weighted by atomic mass is 10.1. The third-order valence-electron chi connectivity index (χ3n) is 4.28. The topological polar surface area (TPSA) is 92.8 Å². The Labute approximate surface area is 159 Å². The first-order chi connectivity index (χ1) is 12.7. The van der Waals surface area contributed by atoms with Gasteiger partial charge in [0.1, 0.15) is 5.00 Å². The molecule has 0 saturated heterocycles. The molecular formula is C19H18N2O5S. The molecule has 3 amide bonds. The van der Waals surface area contributed by atoms with Gasteiger partial charge in [-0.1, -0.05) is 31.0 Å². The molecule has 140 valence electrons. The minimum atomic E-state index is -0.870. The summed E-state index contributed by atoms with van der Waals surface area (Å²) in [6.07, 6.45) is 0. The third kappa shape index (κ3) is 3.23. The number of anilines is 1. The van der Waals surface area contributed by atoms with Crippen LogP contribution in [0.1, 0.15) is 55.4 Å². The molecular weight excluding hydrogens is 368 g/mol. The molecule has 2 heterocycles. The summed E-state index contributed by atoms with van der Waals surface area (Å²) in [5.74, 6) is -2.77. The van der Waals surface area contributed by atoms with Crippen LogP contribution in [0.2, 0.25) is 0 Å². The molecule has 0 atom stereocenters. The normalized spacial score (nSPS) is 13.1. The number of rotatable bonds is 4. The highest BCUT2D eigenvalue weighted by atomic mass is 32.1. The number of nitrogens with zero attached hydrogens (tertiary/aromatic N) is 1. The van der Waals surface area contributed by atoms with E-state index in [9.17, 15) is 19.2 Å². The third-order valence-corrected chi connectivity index (χ3v) is 5.40. The van der Waals surface area contributed by atoms with Crippen LogP contribution in [-0.4, -0.2) is 28.8 Å². The predicted octanol–water partition coefficient (Wildman–Crippen LogP) is 3.33. The van der Waals surface area contributed by atoms with Gasteiger partial charge in [-0.05, 0) is 31.5 Å². The van der Waals surface area contributed by atoms with Crippen LogP contribution in [0.4, 0.5) is 5.00 Å². The Morgan fingerprint density at radius 1 is 1.07 bits per heavy atom. The Morgan fingerprint density at radius 2 is 1.63 bits per heavy atom. The van der Waals surface area contributed by atoms with Crippen molar-refractivity contribution >= 4 is 40.0 Å². The van der Waals surface area contributed by atoms with Gasteiger partial charge in [0, 0.05) is 10.8 Å². The zero-order valence-electron chi connectivity index (χ0n) is 15.3. The largest absolute Gasteiger partial charge is 0.367 e. The first-order valence-electron chi connectivity index (χ1n) is 8.33. The van der Waals surface area contributed by atoms with Gasteiger partial charge in [-0.2, -0.15) is 0 Å². The predicted molar refractivity (Wildman–Crippen MR) is 99.6 cm³/mol. The minimum absolute atomic E-state index is 0.142. The quantitative estimate of drug-likeness (QED) is 0.814. The van der Waals surface area contributed by atoms with Crippen LogP contribution in [0.3, 0.4) is 0 Å². The molecule has 0 spiro atoms. The fourth-order valence-electron chi connectivity index (χ4n) is 2.60. The number of hydrogen-bond donors (Lipinski definition) is 1. The molecule has 2 aromatic rings. The van der Waals surface area contributed by atoms with Gasteiger partial charge in [-0.15, -0.1) is 11.3 Å².